The summed E-state index contributed by atoms with van der Waals surface area (Å²) in [5, 5.41) is 10.3. The number of aliphatic imine (C=N–C) groups is 1. The molecule has 2 atom stereocenters. The summed E-state index contributed by atoms with van der Waals surface area (Å²) >= 11 is 1.71. The van der Waals surface area contributed by atoms with Crippen molar-refractivity contribution >= 4 is 41.3 Å². The number of nitrogens with one attached hydrogen (secondary N) is 2. The highest BCUT2D eigenvalue weighted by atomic mass is 127. The lowest BCUT2D eigenvalue weighted by Gasteiger charge is -2.61. The SMILES string of the molecule is CCNC(=NCCc1csc(C)n1)NC1CC(OCC)C12CCC2.I. The first-order valence-electron chi connectivity index (χ1n) is 9.25. The highest BCUT2D eigenvalue weighted by Gasteiger charge is 2.59. The van der Waals surface area contributed by atoms with Crippen LogP contribution >= 0.6 is 35.3 Å². The average Bonchev–Trinajstić information content (AvgIpc) is 2.90. The Morgan fingerprint density at radius 1 is 1.44 bits per heavy atom. The van der Waals surface area contributed by atoms with Gasteiger partial charge in [-0.2, -0.15) is 0 Å². The van der Waals surface area contributed by atoms with Crippen molar-refractivity contribution in [1.82, 2.24) is 15.6 Å². The van der Waals surface area contributed by atoms with Crippen LogP contribution in [0.3, 0.4) is 0 Å². The van der Waals surface area contributed by atoms with E-state index in [0.29, 0.717) is 17.6 Å². The predicted octanol–water partition coefficient (Wildman–Crippen LogP) is 3.51. The molecule has 3 rings (SSSR count). The van der Waals surface area contributed by atoms with Gasteiger partial charge >= 0.3 is 0 Å². The fraction of sp³-hybridized carbons (Fsp3) is 0.778. The molecule has 0 bridgehead atoms. The van der Waals surface area contributed by atoms with Gasteiger partial charge in [-0.3, -0.25) is 4.99 Å². The Morgan fingerprint density at radius 3 is 2.80 bits per heavy atom. The average molecular weight is 478 g/mol. The Morgan fingerprint density at radius 2 is 2.24 bits per heavy atom. The standard InChI is InChI=1S/C18H30N4OS.HI/c1-4-19-17(20-10-7-14-12-24-13(3)21-14)22-15-11-16(23-5-2)18(15)8-6-9-18;/h12,15-16H,4-11H2,1-3H3,(H2,19,20,22);1H. The molecule has 5 nitrogen and oxygen atoms in total. The summed E-state index contributed by atoms with van der Waals surface area (Å²) in [5.74, 6) is 0.940. The molecule has 0 aromatic carbocycles. The van der Waals surface area contributed by atoms with Crippen LogP contribution in [0.25, 0.3) is 0 Å². The molecular formula is C18H31IN4OS. The number of aryl methyl sites for hydroxylation is 1. The molecule has 2 N–H and O–H groups in total. The number of nitrogens with zero attached hydrogens (tertiary/aromatic N) is 2. The zero-order chi connectivity index (χ0) is 17.0. The van der Waals surface area contributed by atoms with E-state index in [2.05, 4.69) is 34.8 Å². The van der Waals surface area contributed by atoms with E-state index in [0.717, 1.165) is 49.2 Å². The molecule has 1 aromatic rings. The van der Waals surface area contributed by atoms with E-state index < -0.39 is 0 Å². The lowest BCUT2D eigenvalue weighted by Crippen LogP contribution is -2.68. The van der Waals surface area contributed by atoms with Gasteiger partial charge in [0.15, 0.2) is 5.96 Å². The number of guanidine groups is 1. The molecule has 1 spiro atoms. The van der Waals surface area contributed by atoms with Crippen LogP contribution in [-0.4, -0.2) is 42.8 Å². The van der Waals surface area contributed by atoms with E-state index in [9.17, 15) is 0 Å². The van der Waals surface area contributed by atoms with Crippen molar-refractivity contribution < 1.29 is 4.74 Å². The summed E-state index contributed by atoms with van der Waals surface area (Å²) in [6.45, 7) is 8.74. The Labute approximate surface area is 172 Å². The maximum absolute atomic E-state index is 5.94. The van der Waals surface area contributed by atoms with Gasteiger partial charge in [0.2, 0.25) is 0 Å². The fourth-order valence-corrected chi connectivity index (χ4v) is 4.58. The predicted molar refractivity (Wildman–Crippen MR) is 115 cm³/mol. The molecule has 1 aromatic heterocycles. The van der Waals surface area contributed by atoms with E-state index in [1.807, 2.05) is 6.92 Å². The lowest BCUT2D eigenvalue weighted by molar-refractivity contribution is -0.168. The van der Waals surface area contributed by atoms with Gasteiger partial charge in [0, 0.05) is 43.0 Å². The van der Waals surface area contributed by atoms with Crippen LogP contribution < -0.4 is 10.6 Å². The van der Waals surface area contributed by atoms with E-state index in [1.165, 1.54) is 19.3 Å². The minimum atomic E-state index is 0. The number of aromatic nitrogens is 1. The minimum Gasteiger partial charge on any atom is -0.378 e. The van der Waals surface area contributed by atoms with Crippen molar-refractivity contribution in [3.63, 3.8) is 0 Å². The van der Waals surface area contributed by atoms with E-state index in [-0.39, 0.29) is 24.0 Å². The van der Waals surface area contributed by atoms with Crippen LogP contribution in [0.15, 0.2) is 10.4 Å². The van der Waals surface area contributed by atoms with Crippen molar-refractivity contribution in [1.29, 1.82) is 0 Å². The van der Waals surface area contributed by atoms with Gasteiger partial charge in [0.1, 0.15) is 0 Å². The third-order valence-corrected chi connectivity index (χ3v) is 6.22. The third-order valence-electron chi connectivity index (χ3n) is 5.40. The molecule has 0 radical (unpaired) electrons. The Balaban J connectivity index is 0.00000225. The molecule has 2 aliphatic carbocycles. The Hall–Kier alpha value is -0.410. The second-order valence-corrected chi connectivity index (χ2v) is 7.89. The number of hydrogen-bond donors (Lipinski definition) is 2. The highest BCUT2D eigenvalue weighted by molar-refractivity contribution is 14.0. The van der Waals surface area contributed by atoms with Crippen LogP contribution in [0.1, 0.15) is 50.2 Å². The quantitative estimate of drug-likeness (QED) is 0.358. The summed E-state index contributed by atoms with van der Waals surface area (Å²) < 4.78 is 5.94. The molecule has 2 saturated carbocycles. The van der Waals surface area contributed by atoms with Crippen LogP contribution in [-0.2, 0) is 11.2 Å². The number of thiazole rings is 1. The molecule has 1 heterocycles. The summed E-state index contributed by atoms with van der Waals surface area (Å²) in [5.41, 5.74) is 1.51. The monoisotopic (exact) mass is 478 g/mol. The highest BCUT2D eigenvalue weighted by Crippen LogP contribution is 2.57. The van der Waals surface area contributed by atoms with Crippen molar-refractivity contribution in [2.45, 2.75) is 65.0 Å². The van der Waals surface area contributed by atoms with Crippen molar-refractivity contribution in [2.24, 2.45) is 10.4 Å². The van der Waals surface area contributed by atoms with Gasteiger partial charge in [-0.05, 0) is 40.0 Å². The largest absolute Gasteiger partial charge is 0.378 e. The number of ether oxygens (including phenoxy) is 1. The van der Waals surface area contributed by atoms with Gasteiger partial charge in [-0.1, -0.05) is 6.42 Å². The van der Waals surface area contributed by atoms with E-state index >= 15 is 0 Å². The molecule has 142 valence electrons. The van der Waals surface area contributed by atoms with Crippen LogP contribution in [0.5, 0.6) is 0 Å². The number of halogens is 1. The summed E-state index contributed by atoms with van der Waals surface area (Å²) in [6, 6.07) is 0.502. The zero-order valence-corrected chi connectivity index (χ0v) is 18.7. The second kappa shape index (κ2) is 9.50. The van der Waals surface area contributed by atoms with Crippen molar-refractivity contribution in [3.05, 3.63) is 16.1 Å². The first-order chi connectivity index (χ1) is 11.7. The van der Waals surface area contributed by atoms with Gasteiger partial charge in [-0.15, -0.1) is 35.3 Å². The van der Waals surface area contributed by atoms with E-state index in [1.54, 1.807) is 11.3 Å². The van der Waals surface area contributed by atoms with Crippen molar-refractivity contribution in [3.8, 4) is 0 Å². The first kappa shape index (κ1) is 20.9. The van der Waals surface area contributed by atoms with Gasteiger partial charge in [-0.25, -0.2) is 4.98 Å². The third kappa shape index (κ3) is 4.66. The van der Waals surface area contributed by atoms with Gasteiger partial charge < -0.3 is 15.4 Å². The molecule has 0 aliphatic heterocycles. The van der Waals surface area contributed by atoms with Crippen LogP contribution in [0.4, 0.5) is 0 Å². The topological polar surface area (TPSA) is 58.5 Å². The zero-order valence-electron chi connectivity index (χ0n) is 15.5. The number of hydrogen-bond acceptors (Lipinski definition) is 4. The minimum absolute atomic E-state index is 0. The fourth-order valence-electron chi connectivity index (χ4n) is 3.93. The summed E-state index contributed by atoms with van der Waals surface area (Å²) in [7, 11) is 0. The van der Waals surface area contributed by atoms with Crippen LogP contribution in [0, 0.1) is 12.3 Å². The molecule has 2 aliphatic rings. The summed E-state index contributed by atoms with van der Waals surface area (Å²) in [6.07, 6.45) is 6.34. The first-order valence-corrected chi connectivity index (χ1v) is 10.1. The molecule has 2 fully saturated rings. The van der Waals surface area contributed by atoms with E-state index in [4.69, 9.17) is 9.73 Å². The maximum Gasteiger partial charge on any atom is 0.191 e. The molecular weight excluding hydrogens is 447 g/mol. The molecule has 25 heavy (non-hydrogen) atoms. The normalized spacial score (nSPS) is 24.2. The lowest BCUT2D eigenvalue weighted by atomic mass is 9.51. The Bertz CT molecular complexity index is 573. The van der Waals surface area contributed by atoms with Gasteiger partial charge in [0.05, 0.1) is 16.8 Å². The molecule has 0 amide bonds. The van der Waals surface area contributed by atoms with Crippen LogP contribution in [0.2, 0.25) is 0 Å². The van der Waals surface area contributed by atoms with Gasteiger partial charge in [0.25, 0.3) is 0 Å². The molecule has 2 unspecified atom stereocenters. The van der Waals surface area contributed by atoms with Crippen molar-refractivity contribution in [2.75, 3.05) is 19.7 Å². The molecule has 7 heteroatoms. The molecule has 0 saturated heterocycles. The smallest absolute Gasteiger partial charge is 0.191 e. The Kier molecular flexibility index (Phi) is 7.94. The second-order valence-electron chi connectivity index (χ2n) is 6.83. The number of rotatable bonds is 7. The maximum atomic E-state index is 5.94. The summed E-state index contributed by atoms with van der Waals surface area (Å²) in [4.78, 5) is 9.26.